The fourth-order valence-electron chi connectivity index (χ4n) is 2.24. The predicted octanol–water partition coefficient (Wildman–Crippen LogP) is 3.83. The topological polar surface area (TPSA) is 37.8 Å². The molecule has 3 rings (SSSR count). The molecule has 1 aliphatic carbocycles. The summed E-state index contributed by atoms with van der Waals surface area (Å²) < 4.78 is 0. The monoisotopic (exact) mass is 287 g/mol. The first-order valence-corrected chi connectivity index (χ1v) is 8.17. The maximum absolute atomic E-state index is 4.86. The number of thiazole rings is 1. The van der Waals surface area contributed by atoms with Crippen LogP contribution in [0.4, 0.5) is 0 Å². The molecule has 0 saturated heterocycles. The quantitative estimate of drug-likeness (QED) is 0.877. The third-order valence-electron chi connectivity index (χ3n) is 3.41. The van der Waals surface area contributed by atoms with Crippen molar-refractivity contribution < 1.29 is 0 Å². The highest BCUT2D eigenvalue weighted by Gasteiger charge is 2.29. The van der Waals surface area contributed by atoms with Gasteiger partial charge in [0.1, 0.15) is 5.01 Å². The van der Waals surface area contributed by atoms with Crippen molar-refractivity contribution in [2.45, 2.75) is 39.2 Å². The van der Waals surface area contributed by atoms with Crippen LogP contribution < -0.4 is 5.32 Å². The van der Waals surface area contributed by atoms with Gasteiger partial charge >= 0.3 is 0 Å². The van der Waals surface area contributed by atoms with E-state index in [1.165, 1.54) is 23.4 Å². The van der Waals surface area contributed by atoms with Crippen molar-refractivity contribution in [3.8, 4) is 10.7 Å². The highest BCUT2D eigenvalue weighted by molar-refractivity contribution is 7.15. The Morgan fingerprint density at radius 3 is 2.85 bits per heavy atom. The van der Waals surface area contributed by atoms with E-state index in [0.717, 1.165) is 23.8 Å². The van der Waals surface area contributed by atoms with Gasteiger partial charge in [-0.3, -0.25) is 4.98 Å². The van der Waals surface area contributed by atoms with E-state index in [0.29, 0.717) is 11.8 Å². The summed E-state index contributed by atoms with van der Waals surface area (Å²) in [5.74, 6) is 1.38. The standard InChI is InChI=1S/C16H21N3S/c1-11(2)9-17-10-14-15(12-6-7-12)19-16(20-14)13-5-3-4-8-18-13/h3-5,8,11-12,17H,6-7,9-10H2,1-2H3. The molecular formula is C16H21N3S. The summed E-state index contributed by atoms with van der Waals surface area (Å²) in [4.78, 5) is 10.7. The van der Waals surface area contributed by atoms with Gasteiger partial charge in [0, 0.05) is 23.5 Å². The van der Waals surface area contributed by atoms with Crippen LogP contribution in [0.5, 0.6) is 0 Å². The Morgan fingerprint density at radius 2 is 2.20 bits per heavy atom. The van der Waals surface area contributed by atoms with Crippen LogP contribution in [0, 0.1) is 5.92 Å². The van der Waals surface area contributed by atoms with Gasteiger partial charge in [0.2, 0.25) is 0 Å². The van der Waals surface area contributed by atoms with Crippen LogP contribution in [0.15, 0.2) is 24.4 Å². The zero-order valence-electron chi connectivity index (χ0n) is 12.1. The Kier molecular flexibility index (Phi) is 4.13. The van der Waals surface area contributed by atoms with Crippen LogP contribution >= 0.6 is 11.3 Å². The van der Waals surface area contributed by atoms with Crippen LogP contribution in [-0.4, -0.2) is 16.5 Å². The van der Waals surface area contributed by atoms with Gasteiger partial charge in [0.25, 0.3) is 0 Å². The highest BCUT2D eigenvalue weighted by Crippen LogP contribution is 2.43. The van der Waals surface area contributed by atoms with Gasteiger partial charge in [-0.2, -0.15) is 0 Å². The normalized spacial score (nSPS) is 14.9. The molecule has 0 radical (unpaired) electrons. The number of rotatable bonds is 6. The van der Waals surface area contributed by atoms with E-state index in [1.807, 2.05) is 24.4 Å². The van der Waals surface area contributed by atoms with Crippen molar-refractivity contribution in [1.29, 1.82) is 0 Å². The molecule has 1 saturated carbocycles. The summed E-state index contributed by atoms with van der Waals surface area (Å²) in [6.07, 6.45) is 4.43. The van der Waals surface area contributed by atoms with Gasteiger partial charge in [-0.05, 0) is 37.4 Å². The molecule has 0 aromatic carbocycles. The molecule has 0 amide bonds. The number of aromatic nitrogens is 2. The summed E-state index contributed by atoms with van der Waals surface area (Å²) in [5.41, 5.74) is 2.31. The second-order valence-corrected chi connectivity index (χ2v) is 6.93. The molecule has 3 nitrogen and oxygen atoms in total. The Balaban J connectivity index is 1.79. The van der Waals surface area contributed by atoms with Gasteiger partial charge < -0.3 is 5.32 Å². The lowest BCUT2D eigenvalue weighted by molar-refractivity contribution is 0.553. The summed E-state index contributed by atoms with van der Waals surface area (Å²) in [7, 11) is 0. The van der Waals surface area contributed by atoms with Gasteiger partial charge in [-0.25, -0.2) is 4.98 Å². The van der Waals surface area contributed by atoms with Crippen LogP contribution in [-0.2, 0) is 6.54 Å². The average molecular weight is 287 g/mol. The SMILES string of the molecule is CC(C)CNCc1sc(-c2ccccn2)nc1C1CC1. The smallest absolute Gasteiger partial charge is 0.142 e. The lowest BCUT2D eigenvalue weighted by atomic mass is 10.2. The van der Waals surface area contributed by atoms with E-state index in [1.54, 1.807) is 11.3 Å². The molecule has 20 heavy (non-hydrogen) atoms. The van der Waals surface area contributed by atoms with Crippen LogP contribution in [0.2, 0.25) is 0 Å². The molecule has 2 heterocycles. The summed E-state index contributed by atoms with van der Waals surface area (Å²) in [6.45, 7) is 6.47. The second kappa shape index (κ2) is 6.02. The Bertz CT molecular complexity index is 558. The molecule has 0 aliphatic heterocycles. The molecular weight excluding hydrogens is 266 g/mol. The third kappa shape index (κ3) is 3.25. The third-order valence-corrected chi connectivity index (χ3v) is 4.51. The summed E-state index contributed by atoms with van der Waals surface area (Å²) in [6, 6.07) is 6.02. The van der Waals surface area contributed by atoms with Crippen LogP contribution in [0.1, 0.15) is 43.2 Å². The first kappa shape index (κ1) is 13.7. The molecule has 1 aliphatic rings. The van der Waals surface area contributed by atoms with Crippen LogP contribution in [0.3, 0.4) is 0 Å². The fourth-order valence-corrected chi connectivity index (χ4v) is 3.33. The molecule has 1 N–H and O–H groups in total. The molecule has 106 valence electrons. The van der Waals surface area contributed by atoms with Gasteiger partial charge in [-0.15, -0.1) is 11.3 Å². The molecule has 4 heteroatoms. The molecule has 2 aromatic rings. The average Bonchev–Trinajstić information content (AvgIpc) is 3.20. The van der Waals surface area contributed by atoms with Crippen molar-refractivity contribution >= 4 is 11.3 Å². The summed E-state index contributed by atoms with van der Waals surface area (Å²) in [5, 5.41) is 4.60. The van der Waals surface area contributed by atoms with Crippen molar-refractivity contribution in [1.82, 2.24) is 15.3 Å². The predicted molar refractivity (Wildman–Crippen MR) is 83.9 cm³/mol. The number of pyridine rings is 1. The van der Waals surface area contributed by atoms with Crippen LogP contribution in [0.25, 0.3) is 10.7 Å². The number of nitrogens with one attached hydrogen (secondary N) is 1. The minimum Gasteiger partial charge on any atom is -0.312 e. The van der Waals surface area contributed by atoms with Crippen molar-refractivity contribution in [3.05, 3.63) is 35.0 Å². The van der Waals surface area contributed by atoms with Crippen molar-refractivity contribution in [2.24, 2.45) is 5.92 Å². The maximum atomic E-state index is 4.86. The lowest BCUT2D eigenvalue weighted by Gasteiger charge is -2.06. The zero-order valence-corrected chi connectivity index (χ0v) is 12.9. The Morgan fingerprint density at radius 1 is 1.35 bits per heavy atom. The molecule has 0 spiro atoms. The number of nitrogens with zero attached hydrogens (tertiary/aromatic N) is 2. The van der Waals surface area contributed by atoms with Crippen molar-refractivity contribution in [3.63, 3.8) is 0 Å². The minimum atomic E-state index is 0.683. The van der Waals surface area contributed by atoms with Gasteiger partial charge in [0.05, 0.1) is 11.4 Å². The lowest BCUT2D eigenvalue weighted by Crippen LogP contribution is -2.18. The number of hydrogen-bond donors (Lipinski definition) is 1. The summed E-state index contributed by atoms with van der Waals surface area (Å²) >= 11 is 1.80. The fraction of sp³-hybridized carbons (Fsp3) is 0.500. The molecule has 0 unspecified atom stereocenters. The van der Waals surface area contributed by atoms with Gasteiger partial charge in [0.15, 0.2) is 0 Å². The van der Waals surface area contributed by atoms with E-state index in [9.17, 15) is 0 Å². The van der Waals surface area contributed by atoms with E-state index < -0.39 is 0 Å². The largest absolute Gasteiger partial charge is 0.312 e. The maximum Gasteiger partial charge on any atom is 0.142 e. The Labute approximate surface area is 124 Å². The molecule has 0 atom stereocenters. The molecule has 2 aromatic heterocycles. The highest BCUT2D eigenvalue weighted by atomic mass is 32.1. The Hall–Kier alpha value is -1.26. The van der Waals surface area contributed by atoms with E-state index in [-0.39, 0.29) is 0 Å². The molecule has 1 fully saturated rings. The zero-order chi connectivity index (χ0) is 13.9. The first-order valence-electron chi connectivity index (χ1n) is 7.35. The van der Waals surface area contributed by atoms with Crippen molar-refractivity contribution in [2.75, 3.05) is 6.54 Å². The van der Waals surface area contributed by atoms with E-state index in [4.69, 9.17) is 4.98 Å². The first-order chi connectivity index (χ1) is 9.74. The molecule has 0 bridgehead atoms. The number of hydrogen-bond acceptors (Lipinski definition) is 4. The second-order valence-electron chi connectivity index (χ2n) is 5.84. The van der Waals surface area contributed by atoms with E-state index in [2.05, 4.69) is 24.1 Å². The van der Waals surface area contributed by atoms with E-state index >= 15 is 0 Å². The van der Waals surface area contributed by atoms with Gasteiger partial charge in [-0.1, -0.05) is 19.9 Å². The minimum absolute atomic E-state index is 0.683.